The summed E-state index contributed by atoms with van der Waals surface area (Å²) >= 11 is 1.33. The van der Waals surface area contributed by atoms with E-state index in [2.05, 4.69) is 4.99 Å². The van der Waals surface area contributed by atoms with Crippen LogP contribution in [0.5, 0.6) is 17.2 Å². The molecule has 156 valence electrons. The van der Waals surface area contributed by atoms with Crippen molar-refractivity contribution in [2.45, 2.75) is 11.3 Å². The topological polar surface area (TPSA) is 94.5 Å². The van der Waals surface area contributed by atoms with Gasteiger partial charge >= 0.3 is 0 Å². The second-order valence-corrected chi connectivity index (χ2v) is 10.5. The van der Waals surface area contributed by atoms with Crippen LogP contribution >= 0.6 is 11.8 Å². The van der Waals surface area contributed by atoms with E-state index < -0.39 is 15.7 Å². The number of nitrogens with zero attached hydrogens (tertiary/aromatic N) is 2. The summed E-state index contributed by atoms with van der Waals surface area (Å²) < 4.78 is 40.4. The van der Waals surface area contributed by atoms with Crippen LogP contribution in [-0.2, 0) is 9.84 Å². The van der Waals surface area contributed by atoms with Crippen molar-refractivity contribution >= 4 is 38.4 Å². The van der Waals surface area contributed by atoms with Gasteiger partial charge in [-0.2, -0.15) is 4.99 Å². The van der Waals surface area contributed by atoms with E-state index in [9.17, 15) is 13.2 Å². The molecule has 0 radical (unpaired) electrons. The quantitative estimate of drug-likeness (QED) is 0.709. The summed E-state index contributed by atoms with van der Waals surface area (Å²) in [5.74, 6) is 1.56. The lowest BCUT2D eigenvalue weighted by atomic mass is 10.2. The molecule has 0 spiro atoms. The van der Waals surface area contributed by atoms with Gasteiger partial charge in [0, 0.05) is 22.6 Å². The second kappa shape index (κ2) is 7.21. The van der Waals surface area contributed by atoms with Crippen molar-refractivity contribution in [3.63, 3.8) is 0 Å². The van der Waals surface area contributed by atoms with Gasteiger partial charge in [0.15, 0.2) is 26.5 Å². The van der Waals surface area contributed by atoms with Gasteiger partial charge in [0.1, 0.15) is 5.75 Å². The smallest absolute Gasteiger partial charge is 0.279 e. The van der Waals surface area contributed by atoms with Crippen LogP contribution in [0.25, 0.3) is 0 Å². The predicted molar refractivity (Wildman–Crippen MR) is 114 cm³/mol. The normalized spacial score (nSPS) is 24.8. The third-order valence-corrected chi connectivity index (χ3v) is 8.44. The number of carbonyl (C=O) groups excluding carboxylic acids is 1. The third-order valence-electron chi connectivity index (χ3n) is 5.24. The first-order valence-corrected chi connectivity index (χ1v) is 12.0. The van der Waals surface area contributed by atoms with Gasteiger partial charge in [0.25, 0.3) is 5.91 Å². The molecule has 0 aliphatic carbocycles. The van der Waals surface area contributed by atoms with E-state index in [4.69, 9.17) is 14.2 Å². The molecule has 30 heavy (non-hydrogen) atoms. The highest BCUT2D eigenvalue weighted by Gasteiger charge is 2.49. The van der Waals surface area contributed by atoms with E-state index in [1.54, 1.807) is 43.5 Å². The number of amides is 1. The number of ether oxygens (including phenoxy) is 3. The fourth-order valence-electron chi connectivity index (χ4n) is 3.79. The van der Waals surface area contributed by atoms with E-state index in [-0.39, 0.29) is 29.6 Å². The van der Waals surface area contributed by atoms with Crippen LogP contribution in [0.2, 0.25) is 0 Å². The molecule has 3 aliphatic rings. The Bertz CT molecular complexity index is 1150. The lowest BCUT2D eigenvalue weighted by Gasteiger charge is -2.24. The molecule has 2 fully saturated rings. The molecule has 3 heterocycles. The summed E-state index contributed by atoms with van der Waals surface area (Å²) in [7, 11) is -1.58. The zero-order chi connectivity index (χ0) is 20.9. The maximum atomic E-state index is 12.8. The fraction of sp³-hybridized carbons (Fsp3) is 0.300. The Morgan fingerprint density at radius 3 is 2.67 bits per heavy atom. The number of sulfone groups is 1. The maximum Gasteiger partial charge on any atom is 0.279 e. The van der Waals surface area contributed by atoms with E-state index >= 15 is 0 Å². The minimum absolute atomic E-state index is 0.0227. The van der Waals surface area contributed by atoms with Crippen molar-refractivity contribution in [2.75, 3.05) is 30.3 Å². The molecule has 2 atom stereocenters. The van der Waals surface area contributed by atoms with Crippen LogP contribution < -0.4 is 19.1 Å². The molecule has 2 saturated heterocycles. The van der Waals surface area contributed by atoms with Crippen molar-refractivity contribution in [3.8, 4) is 17.2 Å². The van der Waals surface area contributed by atoms with Gasteiger partial charge in [-0.25, -0.2) is 8.42 Å². The molecule has 0 unspecified atom stereocenters. The molecule has 2 aromatic rings. The highest BCUT2D eigenvalue weighted by atomic mass is 32.2. The van der Waals surface area contributed by atoms with E-state index in [1.807, 2.05) is 11.0 Å². The molecule has 5 rings (SSSR count). The van der Waals surface area contributed by atoms with E-state index in [0.717, 1.165) is 5.69 Å². The van der Waals surface area contributed by atoms with Crippen LogP contribution in [0.15, 0.2) is 47.5 Å². The number of methoxy groups -OCH3 is 1. The van der Waals surface area contributed by atoms with Crippen molar-refractivity contribution in [1.82, 2.24) is 0 Å². The van der Waals surface area contributed by atoms with Crippen molar-refractivity contribution in [1.29, 1.82) is 0 Å². The largest absolute Gasteiger partial charge is 0.497 e. The first kappa shape index (κ1) is 19.3. The summed E-state index contributed by atoms with van der Waals surface area (Å²) in [5.41, 5.74) is 1.15. The Hall–Kier alpha value is -2.72. The molecule has 2 aromatic carbocycles. The average molecular weight is 447 g/mol. The number of amidine groups is 1. The lowest BCUT2D eigenvalue weighted by Crippen LogP contribution is -2.37. The van der Waals surface area contributed by atoms with Gasteiger partial charge in [0.2, 0.25) is 6.79 Å². The van der Waals surface area contributed by atoms with Gasteiger partial charge in [-0.1, -0.05) is 11.8 Å². The zero-order valence-corrected chi connectivity index (χ0v) is 17.6. The number of anilines is 1. The second-order valence-electron chi connectivity index (χ2n) is 7.14. The predicted octanol–water partition coefficient (Wildman–Crippen LogP) is 2.34. The van der Waals surface area contributed by atoms with Crippen molar-refractivity contribution in [2.24, 2.45) is 4.99 Å². The number of carbonyl (C=O) groups is 1. The molecule has 8 nitrogen and oxygen atoms in total. The summed E-state index contributed by atoms with van der Waals surface area (Å²) in [5, 5.41) is 0.308. The Morgan fingerprint density at radius 2 is 1.90 bits per heavy atom. The average Bonchev–Trinajstić information content (AvgIpc) is 3.39. The minimum atomic E-state index is -3.14. The third kappa shape index (κ3) is 3.39. The molecular weight excluding hydrogens is 428 g/mol. The van der Waals surface area contributed by atoms with E-state index in [1.165, 1.54) is 11.8 Å². The molecule has 10 heteroatoms. The van der Waals surface area contributed by atoms with Crippen LogP contribution in [-0.4, -0.2) is 56.2 Å². The van der Waals surface area contributed by atoms with Gasteiger partial charge < -0.3 is 19.1 Å². The Morgan fingerprint density at radius 1 is 1.13 bits per heavy atom. The number of benzene rings is 2. The molecular formula is C20H18N2O6S2. The monoisotopic (exact) mass is 446 g/mol. The molecule has 1 amide bonds. The Kier molecular flexibility index (Phi) is 4.62. The number of hydrogen-bond donors (Lipinski definition) is 0. The lowest BCUT2D eigenvalue weighted by molar-refractivity contribution is 0.100. The number of fused-ring (bicyclic) bond motifs is 2. The van der Waals surface area contributed by atoms with Crippen molar-refractivity contribution < 1.29 is 27.4 Å². The SMILES string of the molecule is COc1ccc(C(=O)N=C2S[C@@H]3CS(=O)(=O)C[C@@H]3N2c2ccc3c(c2)OCO3)cc1. The van der Waals surface area contributed by atoms with E-state index in [0.29, 0.717) is 28.0 Å². The van der Waals surface area contributed by atoms with Crippen LogP contribution in [0.1, 0.15) is 10.4 Å². The fourth-order valence-corrected chi connectivity index (χ4v) is 7.70. The van der Waals surface area contributed by atoms with Crippen LogP contribution in [0, 0.1) is 0 Å². The summed E-state index contributed by atoms with van der Waals surface area (Å²) in [6.45, 7) is 0.144. The Labute approximate surface area is 177 Å². The number of rotatable bonds is 3. The highest BCUT2D eigenvalue weighted by molar-refractivity contribution is 8.16. The molecule has 3 aliphatic heterocycles. The first-order chi connectivity index (χ1) is 14.4. The highest BCUT2D eigenvalue weighted by Crippen LogP contribution is 2.44. The van der Waals surface area contributed by atoms with Crippen LogP contribution in [0.4, 0.5) is 5.69 Å². The summed E-state index contributed by atoms with van der Waals surface area (Å²) in [6, 6.07) is 11.8. The van der Waals surface area contributed by atoms with Crippen molar-refractivity contribution in [3.05, 3.63) is 48.0 Å². The summed E-state index contributed by atoms with van der Waals surface area (Å²) in [6.07, 6.45) is 0. The number of aliphatic imine (C=N–C) groups is 1. The molecule has 0 aromatic heterocycles. The maximum absolute atomic E-state index is 12.8. The number of thioether (sulfide) groups is 1. The van der Waals surface area contributed by atoms with Gasteiger partial charge in [-0.3, -0.25) is 4.79 Å². The summed E-state index contributed by atoms with van der Waals surface area (Å²) in [4.78, 5) is 19.0. The van der Waals surface area contributed by atoms with Gasteiger partial charge in [-0.15, -0.1) is 0 Å². The molecule has 0 saturated carbocycles. The zero-order valence-electron chi connectivity index (χ0n) is 16.0. The Balaban J connectivity index is 1.51. The first-order valence-electron chi connectivity index (χ1n) is 9.26. The molecule has 0 bridgehead atoms. The minimum Gasteiger partial charge on any atom is -0.497 e. The molecule has 0 N–H and O–H groups in total. The van der Waals surface area contributed by atoms with Gasteiger partial charge in [-0.05, 0) is 36.4 Å². The van der Waals surface area contributed by atoms with Crippen LogP contribution in [0.3, 0.4) is 0 Å². The van der Waals surface area contributed by atoms with Gasteiger partial charge in [0.05, 0.1) is 24.7 Å². The standard InChI is InChI=1S/C20H18N2O6S2/c1-26-14-5-2-12(3-6-14)19(23)21-20-22(15-9-30(24,25)10-18(15)29-20)13-4-7-16-17(8-13)28-11-27-16/h2-8,15,18H,9-11H2,1H3/t15-,18+/m0/s1. The number of hydrogen-bond acceptors (Lipinski definition) is 7.